The Morgan fingerprint density at radius 3 is 2.35 bits per heavy atom. The molecule has 4 aromatic rings. The molecule has 3 heterocycles. The number of carbonyl (C=O) groups is 2. The van der Waals surface area contributed by atoms with Crippen LogP contribution in [0.2, 0.25) is 0 Å². The lowest BCUT2D eigenvalue weighted by molar-refractivity contribution is -0.126. The molecule has 0 radical (unpaired) electrons. The number of piperidine rings is 1. The van der Waals surface area contributed by atoms with Gasteiger partial charge >= 0.3 is 0 Å². The number of hydrogen-bond donors (Lipinski definition) is 1. The van der Waals surface area contributed by atoms with Gasteiger partial charge in [-0.3, -0.25) is 14.5 Å². The van der Waals surface area contributed by atoms with Gasteiger partial charge in [0.05, 0.1) is 13.7 Å². The number of methoxy groups -OCH3 is 1. The summed E-state index contributed by atoms with van der Waals surface area (Å²) < 4.78 is 11.8. The van der Waals surface area contributed by atoms with Crippen molar-refractivity contribution in [2.24, 2.45) is 0 Å². The Morgan fingerprint density at radius 2 is 1.57 bits per heavy atom. The van der Waals surface area contributed by atoms with Crippen molar-refractivity contribution in [1.29, 1.82) is 0 Å². The molecule has 1 aliphatic carbocycles. The Bertz CT molecular complexity index is 1970. The summed E-state index contributed by atoms with van der Waals surface area (Å²) in [5.74, 6) is 2.42. The fourth-order valence-corrected chi connectivity index (χ4v) is 9.04. The van der Waals surface area contributed by atoms with Gasteiger partial charge in [0.1, 0.15) is 17.5 Å². The second kappa shape index (κ2) is 16.1. The number of nitrogens with one attached hydrogen (secondary N) is 1. The number of ether oxygens (including phenoxy) is 2. The molecule has 280 valence electrons. The number of nitrogens with zero attached hydrogens (tertiary/aromatic N) is 3. The molecule has 54 heavy (non-hydrogen) atoms. The minimum Gasteiger partial charge on any atom is -0.497 e. The number of hydrogen-bond acceptors (Lipinski definition) is 6. The highest BCUT2D eigenvalue weighted by molar-refractivity contribution is 6.01. The molecule has 8 nitrogen and oxygen atoms in total. The molecule has 4 aromatic carbocycles. The van der Waals surface area contributed by atoms with Crippen molar-refractivity contribution in [3.8, 4) is 11.5 Å². The SMILES string of the molecule is C=C1CCC(N2Cc3cc(N4CCN(CCCCCOc5ccc([C@@H]6c7ccc(OC)cc7CC[C@@H]6c6ccccc6)cc5)CC4)ccc3C2=O)C(=O)N1. The van der Waals surface area contributed by atoms with E-state index in [9.17, 15) is 9.59 Å². The van der Waals surface area contributed by atoms with E-state index in [2.05, 4.69) is 107 Å². The van der Waals surface area contributed by atoms with Gasteiger partial charge < -0.3 is 24.6 Å². The summed E-state index contributed by atoms with van der Waals surface area (Å²) in [6, 6.07) is 32.1. The molecule has 8 heteroatoms. The smallest absolute Gasteiger partial charge is 0.255 e. The van der Waals surface area contributed by atoms with Crippen molar-refractivity contribution in [1.82, 2.24) is 15.1 Å². The van der Waals surface area contributed by atoms with Gasteiger partial charge in [-0.25, -0.2) is 0 Å². The van der Waals surface area contributed by atoms with Crippen LogP contribution in [0.25, 0.3) is 0 Å². The second-order valence-electron chi connectivity index (χ2n) is 15.3. The van der Waals surface area contributed by atoms with Crippen LogP contribution in [-0.4, -0.2) is 74.1 Å². The van der Waals surface area contributed by atoms with Gasteiger partial charge in [0, 0.05) is 55.6 Å². The monoisotopic (exact) mass is 724 g/mol. The van der Waals surface area contributed by atoms with Crippen LogP contribution < -0.4 is 19.7 Å². The maximum atomic E-state index is 13.2. The zero-order valence-corrected chi connectivity index (χ0v) is 31.5. The van der Waals surface area contributed by atoms with Crippen LogP contribution in [-0.2, 0) is 17.8 Å². The molecule has 1 N–H and O–H groups in total. The quantitative estimate of drug-likeness (QED) is 0.151. The Balaban J connectivity index is 0.777. The third-order valence-electron chi connectivity index (χ3n) is 12.0. The molecule has 1 unspecified atom stereocenters. The predicted octanol–water partition coefficient (Wildman–Crippen LogP) is 7.68. The van der Waals surface area contributed by atoms with Crippen LogP contribution in [0.1, 0.15) is 88.5 Å². The van der Waals surface area contributed by atoms with E-state index in [1.165, 1.54) is 22.3 Å². The molecule has 0 spiro atoms. The molecule has 0 bridgehead atoms. The number of allylic oxidation sites excluding steroid dienone is 1. The fraction of sp³-hybridized carbons (Fsp3) is 0.391. The van der Waals surface area contributed by atoms with Crippen LogP contribution in [0.3, 0.4) is 0 Å². The van der Waals surface area contributed by atoms with Gasteiger partial charge in [0.2, 0.25) is 5.91 Å². The predicted molar refractivity (Wildman–Crippen MR) is 213 cm³/mol. The van der Waals surface area contributed by atoms with E-state index in [0.29, 0.717) is 31.2 Å². The normalized spacial score (nSPS) is 21.4. The Morgan fingerprint density at radius 1 is 0.778 bits per heavy atom. The lowest BCUT2D eigenvalue weighted by Crippen LogP contribution is -2.49. The zero-order valence-electron chi connectivity index (χ0n) is 31.5. The molecule has 4 aliphatic rings. The Hall–Kier alpha value is -5.08. The fourth-order valence-electron chi connectivity index (χ4n) is 9.04. The number of benzene rings is 4. The highest BCUT2D eigenvalue weighted by Gasteiger charge is 2.38. The Kier molecular flexibility index (Phi) is 10.7. The summed E-state index contributed by atoms with van der Waals surface area (Å²) in [6.45, 7) is 10.2. The number of anilines is 1. The molecule has 2 saturated heterocycles. The molecule has 0 saturated carbocycles. The standard InChI is InChI=1S/C46H52N4O4/c1-32-11-22-43(45(51)47-32)50-31-36-29-37(15-20-42(36)46(50)52)49-26-24-48(25-27-49)23-7-4-8-28-54-38-16-12-34(13-17-38)44-40(33-9-5-3-6-10-33)19-14-35-30-39(53-2)18-21-41(35)44/h3,5-6,9-10,12-13,15-18,20-21,29-30,40,43-44H,1,4,7-8,11,14,19,22-28,31H2,2H3,(H,47,51)/t40-,43?,44+/m1/s1. The van der Waals surface area contributed by atoms with Gasteiger partial charge in [0.25, 0.3) is 5.91 Å². The van der Waals surface area contributed by atoms with Crippen molar-refractivity contribution in [2.75, 3.05) is 51.3 Å². The first-order chi connectivity index (χ1) is 26.4. The summed E-state index contributed by atoms with van der Waals surface area (Å²) in [7, 11) is 1.74. The number of aryl methyl sites for hydroxylation is 1. The number of rotatable bonds is 12. The highest BCUT2D eigenvalue weighted by Crippen LogP contribution is 2.47. The van der Waals surface area contributed by atoms with Crippen molar-refractivity contribution < 1.29 is 19.1 Å². The number of amides is 2. The average Bonchev–Trinajstić information content (AvgIpc) is 3.54. The van der Waals surface area contributed by atoms with Gasteiger partial charge in [-0.05, 0) is 128 Å². The first kappa shape index (κ1) is 35.9. The van der Waals surface area contributed by atoms with Crippen LogP contribution >= 0.6 is 0 Å². The van der Waals surface area contributed by atoms with Crippen molar-refractivity contribution in [3.63, 3.8) is 0 Å². The van der Waals surface area contributed by atoms with Gasteiger partial charge in [-0.2, -0.15) is 0 Å². The third-order valence-corrected chi connectivity index (χ3v) is 12.0. The largest absolute Gasteiger partial charge is 0.497 e. The number of fused-ring (bicyclic) bond motifs is 2. The topological polar surface area (TPSA) is 74.3 Å². The van der Waals surface area contributed by atoms with Crippen molar-refractivity contribution in [2.45, 2.75) is 69.4 Å². The first-order valence-corrected chi connectivity index (χ1v) is 19.8. The van der Waals surface area contributed by atoms with Crippen LogP contribution in [0.4, 0.5) is 5.69 Å². The summed E-state index contributed by atoms with van der Waals surface area (Å²) in [5.41, 5.74) is 9.15. The van der Waals surface area contributed by atoms with Crippen molar-refractivity contribution >= 4 is 17.5 Å². The molecule has 0 aromatic heterocycles. The van der Waals surface area contributed by atoms with Gasteiger partial charge in [-0.1, -0.05) is 55.1 Å². The molecule has 3 aliphatic heterocycles. The summed E-state index contributed by atoms with van der Waals surface area (Å²) in [4.78, 5) is 32.4. The maximum Gasteiger partial charge on any atom is 0.255 e. The number of carbonyl (C=O) groups excluding carboxylic acids is 2. The van der Waals surface area contributed by atoms with E-state index in [1.807, 2.05) is 6.07 Å². The average molecular weight is 725 g/mol. The van der Waals surface area contributed by atoms with Crippen LogP contribution in [0, 0.1) is 0 Å². The second-order valence-corrected chi connectivity index (χ2v) is 15.3. The van der Waals surface area contributed by atoms with Crippen molar-refractivity contribution in [3.05, 3.63) is 137 Å². The lowest BCUT2D eigenvalue weighted by atomic mass is 9.69. The van der Waals surface area contributed by atoms with E-state index >= 15 is 0 Å². The molecule has 8 rings (SSSR count). The van der Waals surface area contributed by atoms with E-state index in [-0.39, 0.29) is 11.8 Å². The zero-order chi connectivity index (χ0) is 37.0. The maximum absolute atomic E-state index is 13.2. The lowest BCUT2D eigenvalue weighted by Gasteiger charge is -2.36. The van der Waals surface area contributed by atoms with E-state index in [1.54, 1.807) is 12.0 Å². The molecule has 2 fully saturated rings. The third kappa shape index (κ3) is 7.62. The summed E-state index contributed by atoms with van der Waals surface area (Å²) >= 11 is 0. The van der Waals surface area contributed by atoms with E-state index in [4.69, 9.17) is 9.47 Å². The molecule has 2 amide bonds. The molecular weight excluding hydrogens is 673 g/mol. The summed E-state index contributed by atoms with van der Waals surface area (Å²) in [5, 5.41) is 2.82. The van der Waals surface area contributed by atoms with Crippen LogP contribution in [0.15, 0.2) is 103 Å². The number of unbranched alkanes of at least 4 members (excludes halogenated alkanes) is 2. The van der Waals surface area contributed by atoms with Gasteiger partial charge in [-0.15, -0.1) is 0 Å². The van der Waals surface area contributed by atoms with Gasteiger partial charge in [0.15, 0.2) is 0 Å². The number of piperazine rings is 1. The van der Waals surface area contributed by atoms with Crippen LogP contribution in [0.5, 0.6) is 11.5 Å². The minimum absolute atomic E-state index is 0.0439. The van der Waals surface area contributed by atoms with E-state index in [0.717, 1.165) is 105 Å². The molecule has 3 atom stereocenters. The molecular formula is C46H52N4O4. The summed E-state index contributed by atoms with van der Waals surface area (Å²) in [6.07, 6.45) is 6.84. The Labute approximate surface area is 319 Å². The highest BCUT2D eigenvalue weighted by atomic mass is 16.5. The minimum atomic E-state index is -0.425. The van der Waals surface area contributed by atoms with E-state index < -0.39 is 6.04 Å². The first-order valence-electron chi connectivity index (χ1n) is 19.8.